The lowest BCUT2D eigenvalue weighted by atomic mass is 9.71. The molecule has 1 aromatic rings. The summed E-state index contributed by atoms with van der Waals surface area (Å²) in [6, 6.07) is 4.46. The quantitative estimate of drug-likeness (QED) is 0.431. The lowest BCUT2D eigenvalue weighted by Gasteiger charge is -2.46. The van der Waals surface area contributed by atoms with Crippen molar-refractivity contribution in [3.63, 3.8) is 0 Å². The van der Waals surface area contributed by atoms with Gasteiger partial charge in [0.05, 0.1) is 13.2 Å². The van der Waals surface area contributed by atoms with Crippen molar-refractivity contribution >= 4 is 12.2 Å². The van der Waals surface area contributed by atoms with Crippen LogP contribution in [0, 0.1) is 11.7 Å². The first-order valence-electron chi connectivity index (χ1n) is 9.60. The minimum absolute atomic E-state index is 0.0558. The molecule has 154 valence electrons. The van der Waals surface area contributed by atoms with Crippen molar-refractivity contribution < 1.29 is 18.7 Å². The van der Waals surface area contributed by atoms with Gasteiger partial charge in [-0.05, 0) is 43.4 Å². The Balaban J connectivity index is 2.06. The van der Waals surface area contributed by atoms with Gasteiger partial charge in [-0.15, -0.1) is 0 Å². The van der Waals surface area contributed by atoms with Crippen LogP contribution >= 0.6 is 0 Å². The highest BCUT2D eigenvalue weighted by Gasteiger charge is 2.55. The summed E-state index contributed by atoms with van der Waals surface area (Å²) in [6.07, 6.45) is 4.34. The van der Waals surface area contributed by atoms with Gasteiger partial charge in [-0.2, -0.15) is 0 Å². The number of nitrogens with zero attached hydrogens (tertiary/aromatic N) is 2. The highest BCUT2D eigenvalue weighted by Crippen LogP contribution is 2.42. The first-order chi connectivity index (χ1) is 13.3. The molecular formula is C20H29FN4O3. The van der Waals surface area contributed by atoms with Crippen LogP contribution in [-0.2, 0) is 15.1 Å². The average molecular weight is 392 g/mol. The Kier molecular flexibility index (Phi) is 5.90. The number of guanidine groups is 1. The van der Waals surface area contributed by atoms with Gasteiger partial charge in [0.1, 0.15) is 28.9 Å². The summed E-state index contributed by atoms with van der Waals surface area (Å²) in [5.74, 6) is 0.641. The van der Waals surface area contributed by atoms with Crippen LogP contribution in [0.25, 0.3) is 0 Å². The molecule has 1 saturated heterocycles. The van der Waals surface area contributed by atoms with E-state index in [1.807, 2.05) is 0 Å². The molecule has 1 saturated carbocycles. The topological polar surface area (TPSA) is 103 Å². The maximum Gasteiger partial charge on any atom is 0.191 e. The molecule has 2 aliphatic rings. The zero-order valence-corrected chi connectivity index (χ0v) is 16.5. The third-order valence-electron chi connectivity index (χ3n) is 5.81. The molecule has 0 amide bonds. The molecule has 1 aliphatic heterocycles. The molecule has 0 bridgehead atoms. The summed E-state index contributed by atoms with van der Waals surface area (Å²) in [7, 11) is 3.42. The Morgan fingerprint density at radius 3 is 2.82 bits per heavy atom. The summed E-state index contributed by atoms with van der Waals surface area (Å²) >= 11 is 0. The molecule has 4 N–H and O–H groups in total. The molecule has 1 aromatic carbocycles. The Morgan fingerprint density at radius 1 is 1.46 bits per heavy atom. The molecule has 3 rings (SSSR count). The van der Waals surface area contributed by atoms with E-state index in [-0.39, 0.29) is 31.2 Å². The Morgan fingerprint density at radius 2 is 2.21 bits per heavy atom. The molecule has 8 heteroatoms. The van der Waals surface area contributed by atoms with E-state index in [0.717, 1.165) is 12.8 Å². The minimum atomic E-state index is -1.48. The number of benzene rings is 1. The van der Waals surface area contributed by atoms with Crippen LogP contribution < -0.4 is 16.2 Å². The first-order valence-corrected chi connectivity index (χ1v) is 9.60. The van der Waals surface area contributed by atoms with E-state index in [1.165, 1.54) is 12.5 Å². The predicted molar refractivity (Wildman–Crippen MR) is 105 cm³/mol. The van der Waals surface area contributed by atoms with E-state index >= 15 is 4.39 Å². The van der Waals surface area contributed by atoms with Crippen molar-refractivity contribution in [1.29, 1.82) is 0 Å². The van der Waals surface area contributed by atoms with Crippen molar-refractivity contribution in [1.82, 2.24) is 4.90 Å². The fraction of sp³-hybridized carbons (Fsp3) is 0.600. The fourth-order valence-corrected chi connectivity index (χ4v) is 3.56. The Bertz CT molecular complexity index is 753. The number of carbonyl (C=O) groups is 1. The average Bonchev–Trinajstić information content (AvgIpc) is 2.63. The molecule has 1 heterocycles. The summed E-state index contributed by atoms with van der Waals surface area (Å²) < 4.78 is 26.5. The molecule has 2 atom stereocenters. The second-order valence-electron chi connectivity index (χ2n) is 7.94. The van der Waals surface area contributed by atoms with Gasteiger partial charge in [0.25, 0.3) is 0 Å². The SMILES string of the molecule is CN(C)C(N)=NC1(c2cc(OCC3CCC3)ccc2F)COCCC1(N)C=O. The van der Waals surface area contributed by atoms with Crippen molar-refractivity contribution in [2.75, 3.05) is 33.9 Å². The number of halogens is 1. The van der Waals surface area contributed by atoms with Gasteiger partial charge in [-0.25, -0.2) is 9.38 Å². The number of aldehydes is 1. The van der Waals surface area contributed by atoms with Crippen LogP contribution in [0.3, 0.4) is 0 Å². The maximum absolute atomic E-state index is 15.0. The molecule has 28 heavy (non-hydrogen) atoms. The third kappa shape index (κ3) is 3.71. The van der Waals surface area contributed by atoms with Crippen LogP contribution in [0.15, 0.2) is 23.2 Å². The number of carbonyl (C=O) groups excluding carboxylic acids is 1. The Hall–Kier alpha value is -2.19. The zero-order chi connectivity index (χ0) is 20.4. The molecule has 0 radical (unpaired) electrons. The molecule has 0 spiro atoms. The standard InChI is InChI=1S/C20H29FN4O3/c1-25(2)18(22)24-20(13-27-9-8-19(20,23)12-26)16-10-15(6-7-17(16)21)28-11-14-4-3-5-14/h6-7,10,12,14H,3-5,8-9,11,13,23H2,1-2H3,(H2,22,24). The lowest BCUT2D eigenvalue weighted by Crippen LogP contribution is -2.65. The smallest absolute Gasteiger partial charge is 0.191 e. The molecule has 2 unspecified atom stereocenters. The van der Waals surface area contributed by atoms with E-state index in [2.05, 4.69) is 4.99 Å². The normalized spacial score (nSPS) is 28.5. The van der Waals surface area contributed by atoms with Crippen molar-refractivity contribution in [3.8, 4) is 5.75 Å². The van der Waals surface area contributed by atoms with Gasteiger partial charge in [0, 0.05) is 26.3 Å². The number of aliphatic imine (C=N–C) groups is 1. The number of hydrogen-bond acceptors (Lipinski definition) is 5. The number of rotatable bonds is 6. The van der Waals surface area contributed by atoms with Gasteiger partial charge in [-0.1, -0.05) is 6.42 Å². The second kappa shape index (κ2) is 8.05. The van der Waals surface area contributed by atoms with Crippen LogP contribution in [0.1, 0.15) is 31.2 Å². The zero-order valence-electron chi connectivity index (χ0n) is 16.5. The molecule has 0 aromatic heterocycles. The van der Waals surface area contributed by atoms with Gasteiger partial charge < -0.3 is 30.6 Å². The number of ether oxygens (including phenoxy) is 2. The van der Waals surface area contributed by atoms with Crippen LogP contribution in [0.4, 0.5) is 4.39 Å². The molecule has 2 fully saturated rings. The predicted octanol–water partition coefficient (Wildman–Crippen LogP) is 1.39. The van der Waals surface area contributed by atoms with Gasteiger partial charge in [0.15, 0.2) is 5.96 Å². The lowest BCUT2D eigenvalue weighted by molar-refractivity contribution is -0.120. The summed E-state index contributed by atoms with van der Waals surface area (Å²) in [6.45, 7) is 0.812. The first kappa shape index (κ1) is 20.5. The van der Waals surface area contributed by atoms with Crippen LogP contribution in [0.2, 0.25) is 0 Å². The fourth-order valence-electron chi connectivity index (χ4n) is 3.56. The largest absolute Gasteiger partial charge is 0.493 e. The Labute approximate surface area is 164 Å². The van der Waals surface area contributed by atoms with E-state index in [9.17, 15) is 4.79 Å². The van der Waals surface area contributed by atoms with Gasteiger partial charge >= 0.3 is 0 Å². The molecular weight excluding hydrogens is 363 g/mol. The van der Waals surface area contributed by atoms with Gasteiger partial charge in [-0.3, -0.25) is 0 Å². The monoisotopic (exact) mass is 392 g/mol. The highest BCUT2D eigenvalue weighted by molar-refractivity contribution is 5.80. The number of nitrogens with two attached hydrogens (primary N) is 2. The summed E-state index contributed by atoms with van der Waals surface area (Å²) in [5, 5.41) is 0. The van der Waals surface area contributed by atoms with E-state index < -0.39 is 16.9 Å². The highest BCUT2D eigenvalue weighted by atomic mass is 19.1. The minimum Gasteiger partial charge on any atom is -0.493 e. The van der Waals surface area contributed by atoms with Crippen molar-refractivity contribution in [3.05, 3.63) is 29.6 Å². The van der Waals surface area contributed by atoms with Crippen LogP contribution in [-0.4, -0.2) is 56.6 Å². The molecule has 7 nitrogen and oxygen atoms in total. The second-order valence-corrected chi connectivity index (χ2v) is 7.94. The summed E-state index contributed by atoms with van der Waals surface area (Å²) in [4.78, 5) is 18.1. The number of hydrogen-bond donors (Lipinski definition) is 2. The van der Waals surface area contributed by atoms with E-state index in [4.69, 9.17) is 20.9 Å². The van der Waals surface area contributed by atoms with Crippen LogP contribution in [0.5, 0.6) is 5.75 Å². The van der Waals surface area contributed by atoms with Gasteiger partial charge in [0.2, 0.25) is 0 Å². The van der Waals surface area contributed by atoms with Crippen molar-refractivity contribution in [2.24, 2.45) is 22.4 Å². The maximum atomic E-state index is 15.0. The van der Waals surface area contributed by atoms with E-state index in [1.54, 1.807) is 31.1 Å². The van der Waals surface area contributed by atoms with Crippen molar-refractivity contribution in [2.45, 2.75) is 36.8 Å². The third-order valence-corrected chi connectivity index (χ3v) is 5.81. The van der Waals surface area contributed by atoms with E-state index in [0.29, 0.717) is 24.6 Å². The summed E-state index contributed by atoms with van der Waals surface area (Å²) in [5.41, 5.74) is 9.71. The molecule has 1 aliphatic carbocycles.